The van der Waals surface area contributed by atoms with Crippen LogP contribution in [-0.4, -0.2) is 37.9 Å². The first-order chi connectivity index (χ1) is 8.84. The zero-order chi connectivity index (χ0) is 14.5. The van der Waals surface area contributed by atoms with Gasteiger partial charge in [0.15, 0.2) is 0 Å². The lowest BCUT2D eigenvalue weighted by molar-refractivity contribution is -0.144. The van der Waals surface area contributed by atoms with Gasteiger partial charge in [0.05, 0.1) is 12.0 Å². The molecule has 0 aromatic carbocycles. The number of hydrogen-bond donors (Lipinski definition) is 2. The number of carbonyl (C=O) groups is 1. The molecule has 0 spiro atoms. The third-order valence-corrected chi connectivity index (χ3v) is 3.57. The molecule has 1 rings (SSSR count). The highest BCUT2D eigenvalue weighted by molar-refractivity contribution is 5.82. The highest BCUT2D eigenvalue weighted by Crippen LogP contribution is 2.34. The molecule has 19 heavy (non-hydrogen) atoms. The van der Waals surface area contributed by atoms with Gasteiger partial charge >= 0.3 is 12.3 Å². The smallest absolute Gasteiger partial charge is 0.324 e. The molecule has 1 saturated heterocycles. The molecule has 0 bridgehead atoms. The molecular weight excluding hydrogens is 264 g/mol. The third-order valence-electron chi connectivity index (χ3n) is 3.57. The van der Waals surface area contributed by atoms with E-state index in [0.29, 0.717) is 32.4 Å². The van der Waals surface area contributed by atoms with Gasteiger partial charge in [0.25, 0.3) is 0 Å². The van der Waals surface area contributed by atoms with Crippen molar-refractivity contribution in [2.75, 3.05) is 19.6 Å². The topological polar surface area (TPSA) is 41.1 Å². The van der Waals surface area contributed by atoms with Crippen molar-refractivity contribution in [2.24, 2.45) is 5.41 Å². The van der Waals surface area contributed by atoms with Crippen LogP contribution in [-0.2, 0) is 4.79 Å². The van der Waals surface area contributed by atoms with Crippen LogP contribution in [0.15, 0.2) is 0 Å². The Morgan fingerprint density at radius 3 is 2.42 bits per heavy atom. The molecule has 0 aromatic rings. The van der Waals surface area contributed by atoms with Crippen LogP contribution in [0, 0.1) is 5.41 Å². The molecule has 0 aromatic heterocycles. The average molecular weight is 284 g/mol. The molecular formula is C12H20F4N2O. The van der Waals surface area contributed by atoms with Gasteiger partial charge in [0.1, 0.15) is 0 Å². The Hall–Kier alpha value is -0.850. The van der Waals surface area contributed by atoms with Gasteiger partial charge in [-0.1, -0.05) is 13.3 Å². The second-order valence-electron chi connectivity index (χ2n) is 5.02. The fraction of sp³-hybridized carbons (Fsp3) is 0.917. The molecule has 1 aliphatic rings. The maximum absolute atomic E-state index is 12.8. The second-order valence-corrected chi connectivity index (χ2v) is 5.02. The number of hydrogen-bond acceptors (Lipinski definition) is 2. The van der Waals surface area contributed by atoms with Gasteiger partial charge < -0.3 is 10.6 Å². The van der Waals surface area contributed by atoms with E-state index in [9.17, 15) is 22.4 Å². The third kappa shape index (κ3) is 4.06. The van der Waals surface area contributed by atoms with Gasteiger partial charge in [-0.15, -0.1) is 0 Å². The zero-order valence-electron chi connectivity index (χ0n) is 10.9. The second kappa shape index (κ2) is 6.54. The number of rotatable bonds is 6. The van der Waals surface area contributed by atoms with E-state index in [-0.39, 0.29) is 0 Å². The van der Waals surface area contributed by atoms with Crippen LogP contribution in [0.4, 0.5) is 17.6 Å². The Bertz CT molecular complexity index is 299. The van der Waals surface area contributed by atoms with Crippen molar-refractivity contribution in [1.82, 2.24) is 10.6 Å². The first-order valence-corrected chi connectivity index (χ1v) is 6.49. The number of nitrogens with one attached hydrogen (secondary N) is 2. The van der Waals surface area contributed by atoms with Gasteiger partial charge in [0, 0.05) is 0 Å². The van der Waals surface area contributed by atoms with Crippen LogP contribution in [0.3, 0.4) is 0 Å². The Morgan fingerprint density at radius 1 is 1.37 bits per heavy atom. The van der Waals surface area contributed by atoms with Crippen molar-refractivity contribution < 1.29 is 22.4 Å². The van der Waals surface area contributed by atoms with Crippen LogP contribution in [0.1, 0.15) is 32.6 Å². The summed E-state index contributed by atoms with van der Waals surface area (Å²) in [7, 11) is 0. The van der Waals surface area contributed by atoms with E-state index < -0.39 is 30.2 Å². The Balaban J connectivity index is 2.63. The molecule has 1 aliphatic heterocycles. The summed E-state index contributed by atoms with van der Waals surface area (Å²) >= 11 is 0. The molecule has 3 nitrogen and oxygen atoms in total. The Kier molecular flexibility index (Phi) is 5.58. The molecule has 0 unspecified atom stereocenters. The minimum atomic E-state index is -4.17. The summed E-state index contributed by atoms with van der Waals surface area (Å²) in [6.45, 7) is 1.88. The lowest BCUT2D eigenvalue weighted by Crippen LogP contribution is -2.51. The highest BCUT2D eigenvalue weighted by Gasteiger charge is 2.44. The highest BCUT2D eigenvalue weighted by atomic mass is 19.3. The average Bonchev–Trinajstić information content (AvgIpc) is 2.37. The molecule has 1 fully saturated rings. The van der Waals surface area contributed by atoms with E-state index in [4.69, 9.17) is 0 Å². The van der Waals surface area contributed by atoms with Crippen LogP contribution in [0.25, 0.3) is 0 Å². The van der Waals surface area contributed by atoms with E-state index in [0.717, 1.165) is 6.42 Å². The van der Waals surface area contributed by atoms with Crippen molar-refractivity contribution in [3.63, 3.8) is 0 Å². The van der Waals surface area contributed by atoms with Crippen LogP contribution >= 0.6 is 0 Å². The number of alkyl halides is 4. The Labute approximate surface area is 110 Å². The lowest BCUT2D eigenvalue weighted by Gasteiger charge is -2.36. The minimum absolute atomic E-state index is 0.531. The molecule has 0 atom stereocenters. The van der Waals surface area contributed by atoms with E-state index in [1.807, 2.05) is 12.2 Å². The number of halogens is 4. The van der Waals surface area contributed by atoms with Crippen molar-refractivity contribution in [3.05, 3.63) is 0 Å². The van der Waals surface area contributed by atoms with Gasteiger partial charge in [-0.3, -0.25) is 4.79 Å². The van der Waals surface area contributed by atoms with E-state index in [1.165, 1.54) is 0 Å². The van der Waals surface area contributed by atoms with Crippen molar-refractivity contribution in [1.29, 1.82) is 0 Å². The minimum Gasteiger partial charge on any atom is -0.349 e. The summed E-state index contributed by atoms with van der Waals surface area (Å²) in [6.07, 6.45) is -1.33. The first-order valence-electron chi connectivity index (χ1n) is 6.49. The molecule has 0 saturated carbocycles. The van der Waals surface area contributed by atoms with Crippen LogP contribution in [0.2, 0.25) is 0 Å². The van der Waals surface area contributed by atoms with E-state index in [2.05, 4.69) is 5.32 Å². The number of amides is 1. The summed E-state index contributed by atoms with van der Waals surface area (Å²) in [5, 5.41) is 5.10. The van der Waals surface area contributed by atoms with Gasteiger partial charge in [-0.25, -0.2) is 8.78 Å². The standard InChI is InChI=1S/C12H20F4N2O/c1-2-3-11(4-6-17-7-5-11)10(19)18-8-12(15,16)9(13)14/h9,17H,2-8H2,1H3,(H,18,19). The monoisotopic (exact) mass is 284 g/mol. The molecule has 2 N–H and O–H groups in total. The van der Waals surface area contributed by atoms with E-state index in [1.54, 1.807) is 0 Å². The lowest BCUT2D eigenvalue weighted by atomic mass is 9.74. The summed E-state index contributed by atoms with van der Waals surface area (Å²) in [5.74, 6) is -4.70. The van der Waals surface area contributed by atoms with Gasteiger partial charge in [0.2, 0.25) is 5.91 Å². The molecule has 1 amide bonds. The summed E-state index contributed by atoms with van der Waals surface area (Å²) in [4.78, 5) is 12.1. The van der Waals surface area contributed by atoms with Crippen molar-refractivity contribution in [3.8, 4) is 0 Å². The Morgan fingerprint density at radius 2 is 1.95 bits per heavy atom. The van der Waals surface area contributed by atoms with Crippen molar-refractivity contribution >= 4 is 5.91 Å². The van der Waals surface area contributed by atoms with Crippen LogP contribution < -0.4 is 10.6 Å². The summed E-state index contributed by atoms with van der Waals surface area (Å²) < 4.78 is 49.7. The molecule has 112 valence electrons. The fourth-order valence-electron chi connectivity index (χ4n) is 2.44. The maximum Gasteiger partial charge on any atom is 0.324 e. The molecule has 1 heterocycles. The summed E-state index contributed by atoms with van der Waals surface area (Å²) in [5.41, 5.74) is -0.696. The fourth-order valence-corrected chi connectivity index (χ4v) is 2.44. The number of piperidine rings is 1. The van der Waals surface area contributed by atoms with Crippen molar-refractivity contribution in [2.45, 2.75) is 45.0 Å². The maximum atomic E-state index is 12.8. The SMILES string of the molecule is CCCC1(C(=O)NCC(F)(F)C(F)F)CCNCC1. The first kappa shape index (κ1) is 16.2. The summed E-state index contributed by atoms with van der Waals surface area (Å²) in [6, 6.07) is 0. The largest absolute Gasteiger partial charge is 0.349 e. The zero-order valence-corrected chi connectivity index (χ0v) is 10.9. The number of carbonyl (C=O) groups excluding carboxylic acids is 1. The normalized spacial score (nSPS) is 19.5. The van der Waals surface area contributed by atoms with Crippen LogP contribution in [0.5, 0.6) is 0 Å². The van der Waals surface area contributed by atoms with E-state index >= 15 is 0 Å². The molecule has 0 radical (unpaired) electrons. The molecule has 7 heteroatoms. The predicted octanol–water partition coefficient (Wildman–Crippen LogP) is 2.17. The quantitative estimate of drug-likeness (QED) is 0.734. The predicted molar refractivity (Wildman–Crippen MR) is 63.4 cm³/mol. The van der Waals surface area contributed by atoms with Gasteiger partial charge in [-0.2, -0.15) is 8.78 Å². The molecule has 0 aliphatic carbocycles. The van der Waals surface area contributed by atoms with Gasteiger partial charge in [-0.05, 0) is 32.4 Å².